The van der Waals surface area contributed by atoms with Gasteiger partial charge in [0.25, 0.3) is 5.69 Å². The Morgan fingerprint density at radius 3 is 2.74 bits per heavy atom. The smallest absolute Gasteiger partial charge is 0.276 e. The topological polar surface area (TPSA) is 94.1 Å². The fourth-order valence-electron chi connectivity index (χ4n) is 1.44. The summed E-state index contributed by atoms with van der Waals surface area (Å²) in [4.78, 5) is 13.9. The van der Waals surface area contributed by atoms with E-state index in [4.69, 9.17) is 5.73 Å². The van der Waals surface area contributed by atoms with Crippen molar-refractivity contribution in [3.63, 3.8) is 0 Å². The van der Waals surface area contributed by atoms with Gasteiger partial charge in [-0.25, -0.2) is 9.37 Å². The SMILES string of the molecule is Nc1cc([N+](=O)[O-])cc(Nc2ccc(Br)cc2F)n1. The number of aromatic nitrogens is 1. The van der Waals surface area contributed by atoms with E-state index in [-0.39, 0.29) is 23.0 Å². The summed E-state index contributed by atoms with van der Waals surface area (Å²) in [5.41, 5.74) is 5.39. The van der Waals surface area contributed by atoms with Gasteiger partial charge < -0.3 is 11.1 Å². The number of nitrogens with one attached hydrogen (secondary N) is 1. The highest BCUT2D eigenvalue weighted by atomic mass is 79.9. The molecule has 8 heteroatoms. The fraction of sp³-hybridized carbons (Fsp3) is 0. The maximum absolute atomic E-state index is 13.6. The van der Waals surface area contributed by atoms with Crippen molar-refractivity contribution >= 4 is 38.9 Å². The lowest BCUT2D eigenvalue weighted by Gasteiger charge is -2.07. The highest BCUT2D eigenvalue weighted by Crippen LogP contribution is 2.25. The third-order valence-electron chi connectivity index (χ3n) is 2.23. The van der Waals surface area contributed by atoms with E-state index in [1.54, 1.807) is 6.07 Å². The predicted octanol–water partition coefficient (Wildman–Crippen LogP) is 3.22. The molecule has 3 N–H and O–H groups in total. The van der Waals surface area contributed by atoms with Crippen LogP contribution in [-0.2, 0) is 0 Å². The molecule has 1 heterocycles. The lowest BCUT2D eigenvalue weighted by atomic mass is 10.3. The highest BCUT2D eigenvalue weighted by Gasteiger charge is 2.11. The summed E-state index contributed by atoms with van der Waals surface area (Å²) >= 11 is 3.13. The Balaban J connectivity index is 2.35. The number of rotatable bonds is 3. The minimum atomic E-state index is -0.596. The largest absolute Gasteiger partial charge is 0.383 e. The zero-order chi connectivity index (χ0) is 14.0. The lowest BCUT2D eigenvalue weighted by Crippen LogP contribution is -2.01. The summed E-state index contributed by atoms with van der Waals surface area (Å²) in [6.07, 6.45) is 0. The molecular weight excluding hydrogens is 319 g/mol. The van der Waals surface area contributed by atoms with Gasteiger partial charge in [-0.3, -0.25) is 10.1 Å². The molecule has 0 amide bonds. The number of nitrogens with two attached hydrogens (primary N) is 1. The van der Waals surface area contributed by atoms with Crippen LogP contribution in [0.15, 0.2) is 34.8 Å². The molecule has 0 fully saturated rings. The summed E-state index contributed by atoms with van der Waals surface area (Å²) in [6, 6.07) is 6.69. The quantitative estimate of drug-likeness (QED) is 0.667. The molecular formula is C11H8BrFN4O2. The Hall–Kier alpha value is -2.22. The molecule has 0 bridgehead atoms. The van der Waals surface area contributed by atoms with Crippen LogP contribution in [0.3, 0.4) is 0 Å². The Morgan fingerprint density at radius 2 is 2.11 bits per heavy atom. The number of hydrogen-bond acceptors (Lipinski definition) is 5. The van der Waals surface area contributed by atoms with E-state index in [0.717, 1.165) is 6.07 Å². The molecule has 0 unspecified atom stereocenters. The highest BCUT2D eigenvalue weighted by molar-refractivity contribution is 9.10. The standard InChI is InChI=1S/C11H8BrFN4O2/c12-6-1-2-9(8(13)3-6)15-11-5-7(17(18)19)4-10(14)16-11/h1-5H,(H3,14,15,16). The second-order valence-electron chi connectivity index (χ2n) is 3.64. The molecule has 0 saturated heterocycles. The van der Waals surface area contributed by atoms with E-state index in [2.05, 4.69) is 26.2 Å². The molecule has 0 saturated carbocycles. The maximum Gasteiger partial charge on any atom is 0.276 e. The van der Waals surface area contributed by atoms with Gasteiger partial charge in [0.05, 0.1) is 22.7 Å². The van der Waals surface area contributed by atoms with Crippen molar-refractivity contribution in [2.75, 3.05) is 11.1 Å². The Morgan fingerprint density at radius 1 is 1.37 bits per heavy atom. The zero-order valence-electron chi connectivity index (χ0n) is 9.43. The molecule has 1 aromatic heterocycles. The number of nitrogens with zero attached hydrogens (tertiary/aromatic N) is 2. The molecule has 0 spiro atoms. The predicted molar refractivity (Wildman–Crippen MR) is 72.7 cm³/mol. The van der Waals surface area contributed by atoms with Crippen molar-refractivity contribution < 1.29 is 9.31 Å². The molecule has 2 aromatic rings. The van der Waals surface area contributed by atoms with E-state index in [9.17, 15) is 14.5 Å². The van der Waals surface area contributed by atoms with E-state index in [0.29, 0.717) is 4.47 Å². The zero-order valence-corrected chi connectivity index (χ0v) is 11.0. The summed E-state index contributed by atoms with van der Waals surface area (Å²) in [5.74, 6) is -0.427. The molecule has 19 heavy (non-hydrogen) atoms. The molecule has 0 aliphatic heterocycles. The molecule has 0 aliphatic rings. The Kier molecular flexibility index (Phi) is 3.61. The first kappa shape index (κ1) is 13.2. The van der Waals surface area contributed by atoms with Gasteiger partial charge in [-0.15, -0.1) is 0 Å². The molecule has 0 atom stereocenters. The van der Waals surface area contributed by atoms with Crippen LogP contribution in [0.25, 0.3) is 0 Å². The Bertz CT molecular complexity index is 651. The van der Waals surface area contributed by atoms with Crippen LogP contribution in [0.2, 0.25) is 0 Å². The van der Waals surface area contributed by atoms with Gasteiger partial charge in [0.2, 0.25) is 0 Å². The number of benzene rings is 1. The first-order chi connectivity index (χ1) is 8.95. The van der Waals surface area contributed by atoms with E-state index >= 15 is 0 Å². The van der Waals surface area contributed by atoms with Crippen LogP contribution in [0, 0.1) is 15.9 Å². The van der Waals surface area contributed by atoms with Gasteiger partial charge in [-0.05, 0) is 18.2 Å². The van der Waals surface area contributed by atoms with Crippen molar-refractivity contribution in [2.45, 2.75) is 0 Å². The maximum atomic E-state index is 13.6. The van der Waals surface area contributed by atoms with Crippen LogP contribution in [0.5, 0.6) is 0 Å². The molecule has 0 radical (unpaired) electrons. The number of halogens is 2. The monoisotopic (exact) mass is 326 g/mol. The van der Waals surface area contributed by atoms with Gasteiger partial charge >= 0.3 is 0 Å². The number of hydrogen-bond donors (Lipinski definition) is 2. The lowest BCUT2D eigenvalue weighted by molar-refractivity contribution is -0.384. The van der Waals surface area contributed by atoms with Crippen molar-refractivity contribution in [3.05, 3.63) is 50.7 Å². The Labute approximate surface area is 115 Å². The summed E-state index contributed by atoms with van der Waals surface area (Å²) in [6.45, 7) is 0. The third-order valence-corrected chi connectivity index (χ3v) is 2.73. The third kappa shape index (κ3) is 3.16. The van der Waals surface area contributed by atoms with Crippen LogP contribution >= 0.6 is 15.9 Å². The second-order valence-corrected chi connectivity index (χ2v) is 4.56. The summed E-state index contributed by atoms with van der Waals surface area (Å²) in [7, 11) is 0. The molecule has 6 nitrogen and oxygen atoms in total. The van der Waals surface area contributed by atoms with Gasteiger partial charge in [-0.2, -0.15) is 0 Å². The molecule has 2 rings (SSSR count). The number of pyridine rings is 1. The van der Waals surface area contributed by atoms with Crippen LogP contribution in [0.4, 0.5) is 27.4 Å². The first-order valence-corrected chi connectivity index (χ1v) is 5.89. The average Bonchev–Trinajstić information content (AvgIpc) is 2.32. The van der Waals surface area contributed by atoms with Crippen molar-refractivity contribution in [3.8, 4) is 0 Å². The van der Waals surface area contributed by atoms with E-state index in [1.807, 2.05) is 0 Å². The van der Waals surface area contributed by atoms with Gasteiger partial charge in [0.1, 0.15) is 17.5 Å². The number of anilines is 3. The van der Waals surface area contributed by atoms with Gasteiger partial charge in [0.15, 0.2) is 0 Å². The fourth-order valence-corrected chi connectivity index (χ4v) is 1.77. The second kappa shape index (κ2) is 5.19. The minimum absolute atomic E-state index is 0.0192. The average molecular weight is 327 g/mol. The number of nitrogen functional groups attached to an aromatic ring is 1. The van der Waals surface area contributed by atoms with Crippen LogP contribution < -0.4 is 11.1 Å². The van der Waals surface area contributed by atoms with Crippen molar-refractivity contribution in [1.29, 1.82) is 0 Å². The van der Waals surface area contributed by atoms with Crippen LogP contribution in [-0.4, -0.2) is 9.91 Å². The summed E-state index contributed by atoms with van der Waals surface area (Å²) < 4.78 is 14.2. The normalized spacial score (nSPS) is 10.2. The van der Waals surface area contributed by atoms with Gasteiger partial charge in [-0.1, -0.05) is 15.9 Å². The van der Waals surface area contributed by atoms with E-state index in [1.165, 1.54) is 18.2 Å². The summed E-state index contributed by atoms with van der Waals surface area (Å²) in [5, 5.41) is 13.3. The molecule has 98 valence electrons. The minimum Gasteiger partial charge on any atom is -0.383 e. The van der Waals surface area contributed by atoms with Crippen LogP contribution in [0.1, 0.15) is 0 Å². The molecule has 1 aromatic carbocycles. The van der Waals surface area contributed by atoms with Crippen molar-refractivity contribution in [1.82, 2.24) is 4.98 Å². The van der Waals surface area contributed by atoms with Crippen molar-refractivity contribution in [2.24, 2.45) is 0 Å². The number of nitro groups is 1. The van der Waals surface area contributed by atoms with E-state index < -0.39 is 10.7 Å². The van der Waals surface area contributed by atoms with Gasteiger partial charge in [0, 0.05) is 4.47 Å². The molecule has 0 aliphatic carbocycles. The first-order valence-electron chi connectivity index (χ1n) is 5.10.